The zero-order valence-electron chi connectivity index (χ0n) is 15.4. The van der Waals surface area contributed by atoms with Gasteiger partial charge in [-0.3, -0.25) is 4.79 Å². The fraction of sp³-hybridized carbons (Fsp3) is 0.0952. The van der Waals surface area contributed by atoms with Crippen LogP contribution in [-0.2, 0) is 0 Å². The number of rotatable bonds is 5. The first-order valence-electron chi connectivity index (χ1n) is 8.67. The van der Waals surface area contributed by atoms with E-state index in [1.807, 2.05) is 31.2 Å². The van der Waals surface area contributed by atoms with Gasteiger partial charge < -0.3 is 14.5 Å². The van der Waals surface area contributed by atoms with E-state index in [1.165, 1.54) is 0 Å². The number of hydrogen-bond donors (Lipinski definition) is 1. The number of anilines is 1. The molecule has 0 aliphatic heterocycles. The molecule has 0 unspecified atom stereocenters. The minimum Gasteiger partial charge on any atom is -0.497 e. The van der Waals surface area contributed by atoms with Gasteiger partial charge in [0.25, 0.3) is 5.91 Å². The van der Waals surface area contributed by atoms with Crippen LogP contribution in [0.3, 0.4) is 0 Å². The number of hydrogen-bond acceptors (Lipinski definition) is 5. The molecular formula is C21H18N4O3. The molecule has 7 heteroatoms. The number of ether oxygens (including phenoxy) is 1. The first-order chi connectivity index (χ1) is 13.6. The van der Waals surface area contributed by atoms with Crippen LogP contribution >= 0.6 is 0 Å². The minimum atomic E-state index is -0.424. The van der Waals surface area contributed by atoms with E-state index in [-0.39, 0.29) is 5.82 Å². The van der Waals surface area contributed by atoms with Crippen LogP contribution in [0.25, 0.3) is 17.3 Å². The van der Waals surface area contributed by atoms with Crippen molar-refractivity contribution in [2.24, 2.45) is 0 Å². The highest BCUT2D eigenvalue weighted by molar-refractivity contribution is 6.01. The minimum absolute atomic E-state index is 0.0368. The smallest absolute Gasteiger partial charge is 0.295 e. The van der Waals surface area contributed by atoms with E-state index in [4.69, 9.17) is 9.15 Å². The third kappa shape index (κ3) is 3.50. The lowest BCUT2D eigenvalue weighted by Gasteiger charge is -2.05. The number of furan rings is 1. The van der Waals surface area contributed by atoms with Gasteiger partial charge in [-0.15, -0.1) is 5.10 Å². The van der Waals surface area contributed by atoms with Gasteiger partial charge in [0.1, 0.15) is 5.75 Å². The fourth-order valence-corrected chi connectivity index (χ4v) is 2.73. The molecule has 2 heterocycles. The van der Waals surface area contributed by atoms with Crippen LogP contribution in [0.15, 0.2) is 71.3 Å². The molecule has 1 N–H and O–H groups in total. The summed E-state index contributed by atoms with van der Waals surface area (Å²) < 4.78 is 12.3. The highest BCUT2D eigenvalue weighted by Crippen LogP contribution is 2.23. The van der Waals surface area contributed by atoms with Crippen molar-refractivity contribution in [2.45, 2.75) is 6.92 Å². The lowest BCUT2D eigenvalue weighted by atomic mass is 10.2. The largest absolute Gasteiger partial charge is 0.497 e. The molecule has 0 radical (unpaired) electrons. The Hall–Kier alpha value is -3.87. The first kappa shape index (κ1) is 17.5. The molecule has 1 amide bonds. The first-order valence-corrected chi connectivity index (χ1v) is 8.67. The monoisotopic (exact) mass is 374 g/mol. The number of carbonyl (C=O) groups excluding carboxylic acids is 1. The maximum atomic E-state index is 12.7. The zero-order chi connectivity index (χ0) is 19.5. The second-order valence-corrected chi connectivity index (χ2v) is 6.17. The van der Waals surface area contributed by atoms with Gasteiger partial charge in [0.05, 0.1) is 19.1 Å². The van der Waals surface area contributed by atoms with E-state index in [1.54, 1.807) is 54.5 Å². The molecule has 0 atom stereocenters. The van der Waals surface area contributed by atoms with Gasteiger partial charge >= 0.3 is 0 Å². The molecular weight excluding hydrogens is 356 g/mol. The van der Waals surface area contributed by atoms with Crippen LogP contribution in [0.5, 0.6) is 5.75 Å². The summed E-state index contributed by atoms with van der Waals surface area (Å²) in [6, 6.07) is 18.4. The normalized spacial score (nSPS) is 10.6. The Balaban J connectivity index is 1.70. The van der Waals surface area contributed by atoms with Crippen LogP contribution in [0, 0.1) is 6.92 Å². The maximum Gasteiger partial charge on any atom is 0.295 e. The number of aryl methyl sites for hydroxylation is 1. The number of amides is 1. The van der Waals surface area contributed by atoms with Crippen molar-refractivity contribution in [1.82, 2.24) is 14.8 Å². The molecule has 7 nitrogen and oxygen atoms in total. The molecule has 0 saturated heterocycles. The number of nitrogens with one attached hydrogen (secondary N) is 1. The van der Waals surface area contributed by atoms with Gasteiger partial charge in [-0.1, -0.05) is 23.8 Å². The van der Waals surface area contributed by atoms with E-state index >= 15 is 0 Å². The number of aromatic nitrogens is 3. The van der Waals surface area contributed by atoms with Crippen LogP contribution in [-0.4, -0.2) is 27.8 Å². The van der Waals surface area contributed by atoms with Gasteiger partial charge in [-0.25, -0.2) is 4.68 Å². The molecule has 28 heavy (non-hydrogen) atoms. The maximum absolute atomic E-state index is 12.7. The van der Waals surface area contributed by atoms with E-state index in [9.17, 15) is 4.79 Å². The summed E-state index contributed by atoms with van der Waals surface area (Å²) in [6.07, 6.45) is 1.56. The Bertz CT molecular complexity index is 1100. The topological polar surface area (TPSA) is 82.2 Å². The standard InChI is InChI=1S/C21H18N4O3/c1-14-8-10-16(11-9-14)25-20(18-7-4-12-28-18)23-19(24-25)21(26)22-15-5-3-6-17(13-15)27-2/h3-13H,1-2H3,(H,22,26). The molecule has 0 bridgehead atoms. The van der Waals surface area contributed by atoms with Gasteiger partial charge in [-0.2, -0.15) is 4.98 Å². The highest BCUT2D eigenvalue weighted by Gasteiger charge is 2.20. The summed E-state index contributed by atoms with van der Waals surface area (Å²) in [5.41, 5.74) is 2.50. The molecule has 2 aromatic heterocycles. The lowest BCUT2D eigenvalue weighted by molar-refractivity contribution is 0.101. The van der Waals surface area contributed by atoms with E-state index in [0.717, 1.165) is 11.3 Å². The summed E-state index contributed by atoms with van der Waals surface area (Å²) >= 11 is 0. The van der Waals surface area contributed by atoms with Crippen molar-refractivity contribution in [2.75, 3.05) is 12.4 Å². The van der Waals surface area contributed by atoms with Crippen LogP contribution in [0.2, 0.25) is 0 Å². The average molecular weight is 374 g/mol. The second kappa shape index (κ2) is 7.40. The molecule has 0 spiro atoms. The highest BCUT2D eigenvalue weighted by atomic mass is 16.5. The van der Waals surface area contributed by atoms with E-state index in [2.05, 4.69) is 15.4 Å². The Labute approximate surface area is 161 Å². The Kier molecular flexibility index (Phi) is 4.63. The molecule has 2 aromatic carbocycles. The lowest BCUT2D eigenvalue weighted by Crippen LogP contribution is -2.14. The molecule has 4 rings (SSSR count). The van der Waals surface area contributed by atoms with Crippen molar-refractivity contribution in [1.29, 1.82) is 0 Å². The molecule has 140 valence electrons. The number of nitrogens with zero attached hydrogens (tertiary/aromatic N) is 3. The van der Waals surface area contributed by atoms with E-state index < -0.39 is 5.91 Å². The third-order valence-electron chi connectivity index (χ3n) is 4.16. The summed E-state index contributed by atoms with van der Waals surface area (Å²) in [4.78, 5) is 17.1. The van der Waals surface area contributed by atoms with Crippen LogP contribution in [0.4, 0.5) is 5.69 Å². The Morgan fingerprint density at radius 1 is 1.11 bits per heavy atom. The molecule has 0 saturated carbocycles. The van der Waals surface area contributed by atoms with Gasteiger partial charge in [0.15, 0.2) is 11.6 Å². The molecule has 0 fully saturated rings. The molecule has 0 aliphatic rings. The summed E-state index contributed by atoms with van der Waals surface area (Å²) in [5, 5.41) is 7.20. The number of benzene rings is 2. The predicted octanol–water partition coefficient (Wildman–Crippen LogP) is 4.10. The van der Waals surface area contributed by atoms with Crippen molar-refractivity contribution in [3.63, 3.8) is 0 Å². The summed E-state index contributed by atoms with van der Waals surface area (Å²) in [5.74, 6) is 1.23. The second-order valence-electron chi connectivity index (χ2n) is 6.17. The predicted molar refractivity (Wildman–Crippen MR) is 105 cm³/mol. The SMILES string of the molecule is COc1cccc(NC(=O)c2nc(-c3ccco3)n(-c3ccc(C)cc3)n2)c1. The summed E-state index contributed by atoms with van der Waals surface area (Å²) in [6.45, 7) is 2.01. The van der Waals surface area contributed by atoms with Crippen molar-refractivity contribution < 1.29 is 13.9 Å². The quantitative estimate of drug-likeness (QED) is 0.569. The van der Waals surface area contributed by atoms with Gasteiger partial charge in [0, 0.05) is 11.8 Å². The van der Waals surface area contributed by atoms with Gasteiger partial charge in [0.2, 0.25) is 5.82 Å². The molecule has 4 aromatic rings. The Morgan fingerprint density at radius 3 is 2.64 bits per heavy atom. The van der Waals surface area contributed by atoms with Crippen molar-refractivity contribution >= 4 is 11.6 Å². The van der Waals surface area contributed by atoms with Crippen molar-refractivity contribution in [3.05, 3.63) is 78.3 Å². The average Bonchev–Trinajstić information content (AvgIpc) is 3.38. The Morgan fingerprint density at radius 2 is 1.93 bits per heavy atom. The van der Waals surface area contributed by atoms with Crippen LogP contribution in [0.1, 0.15) is 16.2 Å². The summed E-state index contributed by atoms with van der Waals surface area (Å²) in [7, 11) is 1.57. The fourth-order valence-electron chi connectivity index (χ4n) is 2.73. The van der Waals surface area contributed by atoms with Crippen molar-refractivity contribution in [3.8, 4) is 23.0 Å². The number of methoxy groups -OCH3 is 1. The number of carbonyl (C=O) groups is 1. The van der Waals surface area contributed by atoms with Crippen LogP contribution < -0.4 is 10.1 Å². The van der Waals surface area contributed by atoms with E-state index in [0.29, 0.717) is 23.0 Å². The van der Waals surface area contributed by atoms with Gasteiger partial charge in [-0.05, 0) is 43.3 Å². The molecule has 0 aliphatic carbocycles. The zero-order valence-corrected chi connectivity index (χ0v) is 15.4. The third-order valence-corrected chi connectivity index (χ3v) is 4.16.